The molecule has 0 amide bonds. The van der Waals surface area contributed by atoms with Gasteiger partial charge in [-0.25, -0.2) is 4.79 Å². The molecule has 0 aliphatic heterocycles. The van der Waals surface area contributed by atoms with Crippen molar-refractivity contribution in [3.05, 3.63) is 62.3 Å². The monoisotopic (exact) mass is 430 g/mol. The summed E-state index contributed by atoms with van der Waals surface area (Å²) in [5, 5.41) is 12.9. The summed E-state index contributed by atoms with van der Waals surface area (Å²) in [7, 11) is 0. The summed E-state index contributed by atoms with van der Waals surface area (Å²) in [6.45, 7) is 2.88. The van der Waals surface area contributed by atoms with Crippen molar-refractivity contribution < 1.29 is 27.9 Å². The zero-order valence-corrected chi connectivity index (χ0v) is 15.9. The van der Waals surface area contributed by atoms with Crippen LogP contribution >= 0.6 is 23.2 Å². The van der Waals surface area contributed by atoms with Crippen molar-refractivity contribution >= 4 is 46.0 Å². The second-order valence-corrected chi connectivity index (χ2v) is 6.86. The van der Waals surface area contributed by atoms with Gasteiger partial charge < -0.3 is 5.11 Å². The first-order valence-corrected chi connectivity index (χ1v) is 8.52. The summed E-state index contributed by atoms with van der Waals surface area (Å²) in [6, 6.07) is 4.17. The topological polar surface area (TPSA) is 72.2 Å². The maximum Gasteiger partial charge on any atom is 0.416 e. The van der Waals surface area contributed by atoms with Crippen molar-refractivity contribution in [3.63, 3.8) is 0 Å². The zero-order chi connectivity index (χ0) is 21.0. The predicted octanol–water partition coefficient (Wildman–Crippen LogP) is 5.37. The first-order valence-electron chi connectivity index (χ1n) is 7.76. The van der Waals surface area contributed by atoms with Crippen LogP contribution < -0.4 is 0 Å². The highest BCUT2D eigenvalue weighted by molar-refractivity contribution is 6.41. The summed E-state index contributed by atoms with van der Waals surface area (Å²) < 4.78 is 40.2. The Morgan fingerprint density at radius 3 is 2.36 bits per heavy atom. The number of alkyl halides is 3. The fourth-order valence-corrected chi connectivity index (χ4v) is 3.53. The number of benzene rings is 2. The van der Waals surface area contributed by atoms with Gasteiger partial charge in [0.2, 0.25) is 0 Å². The fraction of sp³-hybridized carbons (Fsp3) is 0.167. The summed E-state index contributed by atoms with van der Waals surface area (Å²) in [5.41, 5.74) is -0.981. The van der Waals surface area contributed by atoms with E-state index in [1.807, 2.05) is 0 Å². The molecule has 0 unspecified atom stereocenters. The molecule has 28 heavy (non-hydrogen) atoms. The molecule has 0 aliphatic rings. The van der Waals surface area contributed by atoms with E-state index in [9.17, 15) is 27.9 Å². The highest BCUT2D eigenvalue weighted by Crippen LogP contribution is 2.35. The minimum Gasteiger partial charge on any atom is -0.478 e. The Morgan fingerprint density at radius 2 is 1.79 bits per heavy atom. The van der Waals surface area contributed by atoms with Gasteiger partial charge in [-0.1, -0.05) is 23.2 Å². The van der Waals surface area contributed by atoms with Gasteiger partial charge in [0, 0.05) is 5.39 Å². The average Bonchev–Trinajstić information content (AvgIpc) is 2.91. The number of hydrogen-bond donors (Lipinski definition) is 1. The number of hydrogen-bond acceptors (Lipinski definition) is 3. The third-order valence-electron chi connectivity index (χ3n) is 4.21. The number of fused-ring (bicyclic) bond motifs is 1. The molecule has 0 atom stereocenters. The zero-order valence-electron chi connectivity index (χ0n) is 14.4. The summed E-state index contributed by atoms with van der Waals surface area (Å²) in [5.74, 6) is -2.21. The molecule has 0 saturated carbocycles. The molecule has 0 fully saturated rings. The molecule has 146 valence electrons. The Balaban J connectivity index is 2.28. The lowest BCUT2D eigenvalue weighted by Gasteiger charge is -2.11. The first-order chi connectivity index (χ1) is 12.9. The standard InChI is InChI=1S/C18H11Cl2F3N2O3/c1-7-5-9(18(21,22)23)6-11-8(2)24-25(15(7)11)16(26)13-12(19)4-3-10(14(13)20)17(27)28/h3-6H,1-2H3,(H,27,28). The van der Waals surface area contributed by atoms with Gasteiger partial charge in [-0.2, -0.15) is 23.0 Å². The van der Waals surface area contributed by atoms with Crippen molar-refractivity contribution in [3.8, 4) is 0 Å². The number of carbonyl (C=O) groups is 2. The van der Waals surface area contributed by atoms with Crippen LogP contribution in [0.3, 0.4) is 0 Å². The third-order valence-corrected chi connectivity index (χ3v) is 4.91. The number of rotatable bonds is 2. The lowest BCUT2D eigenvalue weighted by Crippen LogP contribution is -2.17. The molecule has 0 bridgehead atoms. The summed E-state index contributed by atoms with van der Waals surface area (Å²) in [6.07, 6.45) is -4.56. The normalized spacial score (nSPS) is 11.8. The molecule has 0 aliphatic carbocycles. The molecule has 5 nitrogen and oxygen atoms in total. The largest absolute Gasteiger partial charge is 0.478 e. The van der Waals surface area contributed by atoms with E-state index in [-0.39, 0.29) is 43.3 Å². The molecule has 1 heterocycles. The number of carboxylic acid groups (broad SMARTS) is 1. The molecule has 0 spiro atoms. The van der Waals surface area contributed by atoms with Gasteiger partial charge in [-0.05, 0) is 43.7 Å². The molecule has 1 N–H and O–H groups in total. The van der Waals surface area contributed by atoms with Crippen molar-refractivity contribution in [1.29, 1.82) is 0 Å². The van der Waals surface area contributed by atoms with Crippen molar-refractivity contribution in [1.82, 2.24) is 9.78 Å². The van der Waals surface area contributed by atoms with Gasteiger partial charge in [0.05, 0.1) is 37.9 Å². The fourth-order valence-electron chi connectivity index (χ4n) is 2.92. The number of carboxylic acids is 1. The minimum atomic E-state index is -4.56. The maximum absolute atomic E-state index is 13.1. The van der Waals surface area contributed by atoms with E-state index in [0.717, 1.165) is 22.9 Å². The molecule has 0 saturated heterocycles. The molecular weight excluding hydrogens is 420 g/mol. The Kier molecular flexibility index (Phi) is 4.89. The molecule has 3 aromatic rings. The van der Waals surface area contributed by atoms with Crippen LogP contribution in [0.4, 0.5) is 13.2 Å². The Hall–Kier alpha value is -2.58. The van der Waals surface area contributed by atoms with Crippen LogP contribution in [-0.2, 0) is 6.18 Å². The quantitative estimate of drug-likeness (QED) is 0.593. The highest BCUT2D eigenvalue weighted by Gasteiger charge is 2.32. The number of nitrogens with zero attached hydrogens (tertiary/aromatic N) is 2. The van der Waals surface area contributed by atoms with E-state index >= 15 is 0 Å². The van der Waals surface area contributed by atoms with Crippen molar-refractivity contribution in [2.45, 2.75) is 20.0 Å². The summed E-state index contributed by atoms with van der Waals surface area (Å²) >= 11 is 12.1. The molecule has 10 heteroatoms. The minimum absolute atomic E-state index is 0.106. The Morgan fingerprint density at radius 1 is 1.14 bits per heavy atom. The lowest BCUT2D eigenvalue weighted by atomic mass is 10.1. The van der Waals surface area contributed by atoms with Gasteiger partial charge >= 0.3 is 12.1 Å². The van der Waals surface area contributed by atoms with Crippen LogP contribution in [0.2, 0.25) is 10.0 Å². The first kappa shape index (κ1) is 20.2. The highest BCUT2D eigenvalue weighted by atomic mass is 35.5. The molecule has 0 radical (unpaired) electrons. The van der Waals surface area contributed by atoms with Crippen molar-refractivity contribution in [2.75, 3.05) is 0 Å². The smallest absolute Gasteiger partial charge is 0.416 e. The van der Waals surface area contributed by atoms with Crippen molar-refractivity contribution in [2.24, 2.45) is 0 Å². The number of aromatic carboxylic acids is 1. The van der Waals surface area contributed by atoms with E-state index in [0.29, 0.717) is 0 Å². The number of aromatic nitrogens is 2. The SMILES string of the molecule is Cc1nn(C(=O)c2c(Cl)ccc(C(=O)O)c2Cl)c2c(C)cc(C(F)(F)F)cc12. The van der Waals surface area contributed by atoms with Gasteiger partial charge in [0.15, 0.2) is 0 Å². The van der Waals surface area contributed by atoms with E-state index in [1.165, 1.54) is 19.9 Å². The second-order valence-electron chi connectivity index (χ2n) is 6.08. The molecule has 3 rings (SSSR count). The van der Waals surface area contributed by atoms with Gasteiger partial charge in [-0.15, -0.1) is 0 Å². The molecule has 2 aromatic carbocycles. The summed E-state index contributed by atoms with van der Waals surface area (Å²) in [4.78, 5) is 24.3. The maximum atomic E-state index is 13.1. The van der Waals surface area contributed by atoms with Crippen LogP contribution in [-0.4, -0.2) is 26.8 Å². The van der Waals surface area contributed by atoms with Crippen LogP contribution in [0.1, 0.15) is 37.5 Å². The molecule has 1 aromatic heterocycles. The van der Waals surface area contributed by atoms with Gasteiger partial charge in [-0.3, -0.25) is 4.79 Å². The van der Waals surface area contributed by atoms with Crippen LogP contribution in [0.5, 0.6) is 0 Å². The number of aryl methyl sites for hydroxylation is 2. The lowest BCUT2D eigenvalue weighted by molar-refractivity contribution is -0.137. The number of carbonyl (C=O) groups excluding carboxylic acids is 1. The second kappa shape index (κ2) is 6.79. The van der Waals surface area contributed by atoms with Gasteiger partial charge in [0.25, 0.3) is 5.91 Å². The van der Waals surface area contributed by atoms with Crippen LogP contribution in [0.15, 0.2) is 24.3 Å². The van der Waals surface area contributed by atoms with E-state index in [4.69, 9.17) is 23.2 Å². The Bertz CT molecular complexity index is 1150. The van der Waals surface area contributed by atoms with E-state index < -0.39 is 23.6 Å². The van der Waals surface area contributed by atoms with Crippen LogP contribution in [0, 0.1) is 13.8 Å². The van der Waals surface area contributed by atoms with E-state index in [2.05, 4.69) is 5.10 Å². The predicted molar refractivity (Wildman–Crippen MR) is 97.4 cm³/mol. The Labute approximate surface area is 166 Å². The van der Waals surface area contributed by atoms with E-state index in [1.54, 1.807) is 0 Å². The van der Waals surface area contributed by atoms with Crippen LogP contribution in [0.25, 0.3) is 10.9 Å². The average molecular weight is 431 g/mol. The molecular formula is C18H11Cl2F3N2O3. The van der Waals surface area contributed by atoms with Gasteiger partial charge in [0.1, 0.15) is 0 Å². The third kappa shape index (κ3) is 3.22. The number of halogens is 5.